The van der Waals surface area contributed by atoms with E-state index in [1.807, 2.05) is 6.92 Å². The number of pyridine rings is 1. The molecule has 0 bridgehead atoms. The van der Waals surface area contributed by atoms with Crippen molar-refractivity contribution in [3.63, 3.8) is 0 Å². The van der Waals surface area contributed by atoms with Gasteiger partial charge in [0.1, 0.15) is 0 Å². The van der Waals surface area contributed by atoms with E-state index in [4.69, 9.17) is 5.73 Å². The third kappa shape index (κ3) is 2.74. The molecule has 0 amide bonds. The van der Waals surface area contributed by atoms with Crippen LogP contribution in [0.3, 0.4) is 0 Å². The van der Waals surface area contributed by atoms with Gasteiger partial charge in [0.25, 0.3) is 0 Å². The van der Waals surface area contributed by atoms with Gasteiger partial charge in [-0.15, -0.1) is 0 Å². The average Bonchev–Trinajstić information content (AvgIpc) is 2.94. The lowest BCUT2D eigenvalue weighted by molar-refractivity contribution is 0.453. The molecular formula is C16H21N3O2S. The van der Waals surface area contributed by atoms with Crippen molar-refractivity contribution in [2.24, 2.45) is 11.7 Å². The molecule has 1 aliphatic rings. The van der Waals surface area contributed by atoms with Crippen molar-refractivity contribution < 1.29 is 8.42 Å². The van der Waals surface area contributed by atoms with Gasteiger partial charge in [0.15, 0.2) is 0 Å². The van der Waals surface area contributed by atoms with Crippen LogP contribution in [0.1, 0.15) is 24.8 Å². The van der Waals surface area contributed by atoms with Crippen molar-refractivity contribution in [2.45, 2.75) is 37.1 Å². The number of benzene rings is 1. The maximum Gasteiger partial charge on any atom is 0.241 e. The van der Waals surface area contributed by atoms with Gasteiger partial charge in [-0.1, -0.05) is 12.5 Å². The fourth-order valence-electron chi connectivity index (χ4n) is 3.26. The summed E-state index contributed by atoms with van der Waals surface area (Å²) in [6.07, 6.45) is 4.54. The minimum atomic E-state index is -3.58. The number of sulfonamides is 1. The Balaban J connectivity index is 2.01. The summed E-state index contributed by atoms with van der Waals surface area (Å²) >= 11 is 0. The molecule has 3 rings (SSSR count). The van der Waals surface area contributed by atoms with Gasteiger partial charge in [0, 0.05) is 17.6 Å². The molecule has 118 valence electrons. The molecule has 1 saturated carbocycles. The summed E-state index contributed by atoms with van der Waals surface area (Å²) in [6, 6.07) is 6.97. The van der Waals surface area contributed by atoms with Crippen LogP contribution in [0.15, 0.2) is 35.4 Å². The fourth-order valence-corrected chi connectivity index (χ4v) is 4.80. The summed E-state index contributed by atoms with van der Waals surface area (Å²) in [5.74, 6) is 0.226. The second kappa shape index (κ2) is 5.95. The van der Waals surface area contributed by atoms with Crippen LogP contribution >= 0.6 is 0 Å². The van der Waals surface area contributed by atoms with E-state index < -0.39 is 10.0 Å². The Morgan fingerprint density at radius 3 is 2.91 bits per heavy atom. The van der Waals surface area contributed by atoms with Crippen molar-refractivity contribution in [1.82, 2.24) is 9.71 Å². The topological polar surface area (TPSA) is 85.1 Å². The van der Waals surface area contributed by atoms with Gasteiger partial charge in [-0.2, -0.15) is 0 Å². The third-order valence-corrected chi connectivity index (χ3v) is 6.04. The van der Waals surface area contributed by atoms with Gasteiger partial charge in [-0.25, -0.2) is 13.1 Å². The summed E-state index contributed by atoms with van der Waals surface area (Å²) in [5.41, 5.74) is 7.44. The molecule has 3 N–H and O–H groups in total. The molecule has 0 aliphatic heterocycles. The molecule has 6 heteroatoms. The summed E-state index contributed by atoms with van der Waals surface area (Å²) in [7, 11) is -3.58. The van der Waals surface area contributed by atoms with Crippen LogP contribution in [0.25, 0.3) is 10.9 Å². The van der Waals surface area contributed by atoms with Gasteiger partial charge in [-0.3, -0.25) is 4.98 Å². The number of hydrogen-bond donors (Lipinski definition) is 2. The van der Waals surface area contributed by atoms with Crippen LogP contribution in [0.2, 0.25) is 0 Å². The second-order valence-corrected chi connectivity index (χ2v) is 7.62. The normalized spacial score (nSPS) is 22.3. The van der Waals surface area contributed by atoms with Crippen LogP contribution in [-0.4, -0.2) is 26.0 Å². The van der Waals surface area contributed by atoms with E-state index in [-0.39, 0.29) is 12.0 Å². The first-order valence-electron chi connectivity index (χ1n) is 7.59. The van der Waals surface area contributed by atoms with Crippen LogP contribution in [-0.2, 0) is 10.0 Å². The minimum absolute atomic E-state index is 0.0666. The molecule has 2 aromatic rings. The van der Waals surface area contributed by atoms with Crippen LogP contribution in [0.5, 0.6) is 0 Å². The van der Waals surface area contributed by atoms with Crippen molar-refractivity contribution in [3.05, 3.63) is 36.0 Å². The lowest BCUT2D eigenvalue weighted by Gasteiger charge is -2.20. The maximum atomic E-state index is 12.8. The van der Waals surface area contributed by atoms with Crippen molar-refractivity contribution in [1.29, 1.82) is 0 Å². The molecule has 2 unspecified atom stereocenters. The number of aryl methyl sites for hydroxylation is 1. The SMILES string of the molecule is Cc1ccc(S(=O)(=O)NC2CCCC2CN)c2cccnc12. The smallest absolute Gasteiger partial charge is 0.241 e. The zero-order valence-electron chi connectivity index (χ0n) is 12.6. The Labute approximate surface area is 131 Å². The van der Waals surface area contributed by atoms with Crippen molar-refractivity contribution in [2.75, 3.05) is 6.54 Å². The highest BCUT2D eigenvalue weighted by atomic mass is 32.2. The number of nitrogens with one attached hydrogen (secondary N) is 1. The molecule has 1 fully saturated rings. The Hall–Kier alpha value is -1.50. The molecule has 1 aromatic carbocycles. The number of fused-ring (bicyclic) bond motifs is 1. The molecule has 1 aliphatic carbocycles. The molecule has 0 saturated heterocycles. The fraction of sp³-hybridized carbons (Fsp3) is 0.438. The van der Waals surface area contributed by atoms with Gasteiger partial charge in [-0.05, 0) is 56.0 Å². The van der Waals surface area contributed by atoms with Crippen LogP contribution < -0.4 is 10.5 Å². The Morgan fingerprint density at radius 2 is 2.14 bits per heavy atom. The molecule has 1 aromatic heterocycles. The average molecular weight is 319 g/mol. The quantitative estimate of drug-likeness (QED) is 0.902. The van der Waals surface area contributed by atoms with E-state index in [0.717, 1.165) is 30.3 Å². The highest BCUT2D eigenvalue weighted by molar-refractivity contribution is 7.89. The van der Waals surface area contributed by atoms with Gasteiger partial charge in [0.2, 0.25) is 10.0 Å². The van der Waals surface area contributed by atoms with Crippen LogP contribution in [0.4, 0.5) is 0 Å². The van der Waals surface area contributed by atoms with E-state index in [1.54, 1.807) is 30.5 Å². The zero-order valence-corrected chi connectivity index (χ0v) is 13.4. The largest absolute Gasteiger partial charge is 0.330 e. The molecule has 1 heterocycles. The van der Waals surface area contributed by atoms with Gasteiger partial charge in [0.05, 0.1) is 10.4 Å². The van der Waals surface area contributed by atoms with Crippen molar-refractivity contribution in [3.8, 4) is 0 Å². The standard InChI is InChI=1S/C16H21N3O2S/c1-11-7-8-15(13-5-3-9-18-16(11)13)22(20,21)19-14-6-2-4-12(14)10-17/h3,5,7-9,12,14,19H,2,4,6,10,17H2,1H3. The predicted octanol–water partition coefficient (Wildman–Crippen LogP) is 1.95. The number of rotatable bonds is 4. The first kappa shape index (κ1) is 15.4. The first-order valence-corrected chi connectivity index (χ1v) is 9.08. The highest BCUT2D eigenvalue weighted by Crippen LogP contribution is 2.28. The van der Waals surface area contributed by atoms with E-state index in [2.05, 4.69) is 9.71 Å². The van der Waals surface area contributed by atoms with Gasteiger partial charge >= 0.3 is 0 Å². The van der Waals surface area contributed by atoms with Crippen LogP contribution in [0, 0.1) is 12.8 Å². The van der Waals surface area contributed by atoms with E-state index >= 15 is 0 Å². The molecule has 0 spiro atoms. The summed E-state index contributed by atoms with van der Waals surface area (Å²) < 4.78 is 28.4. The minimum Gasteiger partial charge on any atom is -0.330 e. The lowest BCUT2D eigenvalue weighted by atomic mass is 10.1. The number of hydrogen-bond acceptors (Lipinski definition) is 4. The Bertz CT molecular complexity index is 789. The summed E-state index contributed by atoms with van der Waals surface area (Å²) in [6.45, 7) is 2.45. The summed E-state index contributed by atoms with van der Waals surface area (Å²) in [5, 5.41) is 0.664. The van der Waals surface area contributed by atoms with Crippen molar-refractivity contribution >= 4 is 20.9 Å². The molecular weight excluding hydrogens is 298 g/mol. The number of nitrogens with two attached hydrogens (primary N) is 1. The molecule has 5 nitrogen and oxygen atoms in total. The summed E-state index contributed by atoms with van der Waals surface area (Å²) in [4.78, 5) is 4.60. The maximum absolute atomic E-state index is 12.8. The first-order chi connectivity index (χ1) is 10.5. The van der Waals surface area contributed by atoms with Gasteiger partial charge < -0.3 is 5.73 Å². The molecule has 0 radical (unpaired) electrons. The molecule has 2 atom stereocenters. The lowest BCUT2D eigenvalue weighted by Crippen LogP contribution is -2.39. The predicted molar refractivity (Wildman–Crippen MR) is 87.0 cm³/mol. The van der Waals surface area contributed by atoms with E-state index in [0.29, 0.717) is 16.8 Å². The molecule has 22 heavy (non-hydrogen) atoms. The van der Waals surface area contributed by atoms with E-state index in [9.17, 15) is 8.42 Å². The Kier molecular flexibility index (Phi) is 4.16. The highest BCUT2D eigenvalue weighted by Gasteiger charge is 2.31. The second-order valence-electron chi connectivity index (χ2n) is 5.93. The zero-order chi connectivity index (χ0) is 15.7. The number of nitrogens with zero attached hydrogens (tertiary/aromatic N) is 1. The number of aromatic nitrogens is 1. The Morgan fingerprint density at radius 1 is 1.32 bits per heavy atom. The third-order valence-electron chi connectivity index (χ3n) is 4.49. The van der Waals surface area contributed by atoms with E-state index in [1.165, 1.54) is 0 Å². The monoisotopic (exact) mass is 319 g/mol.